The molecule has 0 radical (unpaired) electrons. The highest BCUT2D eigenvalue weighted by Gasteiger charge is 2.38. The maximum Gasteiger partial charge on any atom is 0.224 e. The SMILES string of the molecule is CC(=O)N(CCC(=O)N1CCO[C@@H]2CCC[C@H]21)Cc1ccccc1. The van der Waals surface area contributed by atoms with E-state index in [0.717, 1.165) is 24.8 Å². The van der Waals surface area contributed by atoms with Crippen LogP contribution in [0.1, 0.15) is 38.2 Å². The first kappa shape index (κ1) is 17.0. The predicted octanol–water partition coefficient (Wildman–Crippen LogP) is 2.21. The second-order valence-electron chi connectivity index (χ2n) is 6.67. The van der Waals surface area contributed by atoms with Gasteiger partial charge in [-0.25, -0.2) is 0 Å². The summed E-state index contributed by atoms with van der Waals surface area (Å²) in [5.74, 6) is 0.155. The van der Waals surface area contributed by atoms with Gasteiger partial charge in [-0.05, 0) is 24.8 Å². The van der Waals surface area contributed by atoms with Crippen LogP contribution in [0.25, 0.3) is 0 Å². The molecule has 2 aliphatic rings. The lowest BCUT2D eigenvalue weighted by atomic mass is 10.1. The van der Waals surface area contributed by atoms with Crippen LogP contribution in [-0.2, 0) is 20.9 Å². The Kier molecular flexibility index (Phi) is 5.51. The fourth-order valence-electron chi connectivity index (χ4n) is 3.76. The van der Waals surface area contributed by atoms with E-state index in [1.165, 1.54) is 0 Å². The Morgan fingerprint density at radius 1 is 1.25 bits per heavy atom. The summed E-state index contributed by atoms with van der Waals surface area (Å²) in [6.07, 6.45) is 3.83. The van der Waals surface area contributed by atoms with E-state index in [-0.39, 0.29) is 24.0 Å². The molecule has 1 aromatic rings. The van der Waals surface area contributed by atoms with Crippen LogP contribution in [0.3, 0.4) is 0 Å². The Morgan fingerprint density at radius 2 is 2.04 bits per heavy atom. The van der Waals surface area contributed by atoms with Crippen LogP contribution in [0.5, 0.6) is 0 Å². The van der Waals surface area contributed by atoms with Crippen LogP contribution >= 0.6 is 0 Å². The Labute approximate surface area is 143 Å². The lowest BCUT2D eigenvalue weighted by molar-refractivity contribution is -0.144. The van der Waals surface area contributed by atoms with Gasteiger partial charge in [0.05, 0.1) is 18.8 Å². The van der Waals surface area contributed by atoms with Gasteiger partial charge in [-0.2, -0.15) is 0 Å². The minimum atomic E-state index is 0.00683. The van der Waals surface area contributed by atoms with E-state index < -0.39 is 0 Å². The highest BCUT2D eigenvalue weighted by Crippen LogP contribution is 2.30. The van der Waals surface area contributed by atoms with Gasteiger partial charge < -0.3 is 14.5 Å². The fourth-order valence-corrected chi connectivity index (χ4v) is 3.76. The van der Waals surface area contributed by atoms with E-state index in [9.17, 15) is 9.59 Å². The first-order valence-corrected chi connectivity index (χ1v) is 8.85. The van der Waals surface area contributed by atoms with Gasteiger partial charge in [-0.1, -0.05) is 30.3 Å². The van der Waals surface area contributed by atoms with E-state index in [2.05, 4.69) is 0 Å². The number of benzene rings is 1. The fraction of sp³-hybridized carbons (Fsp3) is 0.579. The van der Waals surface area contributed by atoms with Crippen molar-refractivity contribution in [3.63, 3.8) is 0 Å². The van der Waals surface area contributed by atoms with Crippen molar-refractivity contribution in [2.75, 3.05) is 19.7 Å². The van der Waals surface area contributed by atoms with Crippen LogP contribution in [0.15, 0.2) is 30.3 Å². The van der Waals surface area contributed by atoms with Gasteiger partial charge in [-0.3, -0.25) is 9.59 Å². The van der Waals surface area contributed by atoms with Gasteiger partial charge in [-0.15, -0.1) is 0 Å². The Bertz CT molecular complexity index is 575. The third kappa shape index (κ3) is 3.96. The van der Waals surface area contributed by atoms with Gasteiger partial charge in [0.2, 0.25) is 11.8 Å². The summed E-state index contributed by atoms with van der Waals surface area (Å²) < 4.78 is 5.77. The monoisotopic (exact) mass is 330 g/mol. The lowest BCUT2D eigenvalue weighted by Gasteiger charge is -2.38. The van der Waals surface area contributed by atoms with Crippen molar-refractivity contribution >= 4 is 11.8 Å². The lowest BCUT2D eigenvalue weighted by Crippen LogP contribution is -2.51. The molecule has 0 aromatic heterocycles. The zero-order valence-corrected chi connectivity index (χ0v) is 14.3. The molecule has 0 bridgehead atoms. The van der Waals surface area contributed by atoms with Crippen molar-refractivity contribution in [3.05, 3.63) is 35.9 Å². The van der Waals surface area contributed by atoms with Gasteiger partial charge in [0.1, 0.15) is 0 Å². The Balaban J connectivity index is 1.56. The van der Waals surface area contributed by atoms with Crippen molar-refractivity contribution in [1.82, 2.24) is 9.80 Å². The number of hydrogen-bond acceptors (Lipinski definition) is 3. The molecule has 1 aliphatic carbocycles. The van der Waals surface area contributed by atoms with Crippen LogP contribution < -0.4 is 0 Å². The first-order valence-electron chi connectivity index (χ1n) is 8.85. The number of ether oxygens (including phenoxy) is 1. The van der Waals surface area contributed by atoms with Crippen LogP contribution in [0, 0.1) is 0 Å². The minimum Gasteiger partial charge on any atom is -0.374 e. The van der Waals surface area contributed by atoms with Gasteiger partial charge in [0.15, 0.2) is 0 Å². The maximum atomic E-state index is 12.7. The second kappa shape index (κ2) is 7.79. The van der Waals surface area contributed by atoms with Crippen molar-refractivity contribution in [2.45, 2.75) is 51.3 Å². The molecule has 2 atom stereocenters. The molecule has 1 saturated carbocycles. The standard InChI is InChI=1S/C19H26N2O3/c1-15(22)20(14-16-6-3-2-4-7-16)11-10-19(23)21-12-13-24-18-9-5-8-17(18)21/h2-4,6-7,17-18H,5,8-14H2,1H3/t17-,18-/m1/s1. The average Bonchev–Trinajstić information content (AvgIpc) is 3.07. The van der Waals surface area contributed by atoms with E-state index in [0.29, 0.717) is 32.7 Å². The molecule has 1 saturated heterocycles. The van der Waals surface area contributed by atoms with Crippen LogP contribution in [-0.4, -0.2) is 53.5 Å². The molecule has 1 aromatic carbocycles. The largest absolute Gasteiger partial charge is 0.374 e. The number of amides is 2. The summed E-state index contributed by atoms with van der Waals surface area (Å²) in [5, 5.41) is 0. The molecule has 24 heavy (non-hydrogen) atoms. The van der Waals surface area contributed by atoms with Gasteiger partial charge >= 0.3 is 0 Å². The van der Waals surface area contributed by atoms with E-state index >= 15 is 0 Å². The molecule has 5 heteroatoms. The summed E-state index contributed by atoms with van der Waals surface area (Å²) in [7, 11) is 0. The predicted molar refractivity (Wildman–Crippen MR) is 91.2 cm³/mol. The second-order valence-corrected chi connectivity index (χ2v) is 6.67. The molecule has 0 N–H and O–H groups in total. The number of carbonyl (C=O) groups excluding carboxylic acids is 2. The average molecular weight is 330 g/mol. The van der Waals surface area contributed by atoms with Crippen molar-refractivity contribution in [3.8, 4) is 0 Å². The summed E-state index contributed by atoms with van der Waals surface area (Å²) in [5.41, 5.74) is 1.09. The van der Waals surface area contributed by atoms with E-state index in [1.807, 2.05) is 35.2 Å². The van der Waals surface area contributed by atoms with E-state index in [1.54, 1.807) is 11.8 Å². The van der Waals surface area contributed by atoms with Crippen molar-refractivity contribution in [2.24, 2.45) is 0 Å². The molecule has 1 aliphatic heterocycles. The zero-order chi connectivity index (χ0) is 16.9. The Morgan fingerprint density at radius 3 is 2.79 bits per heavy atom. The molecule has 0 unspecified atom stereocenters. The minimum absolute atomic E-state index is 0.00683. The first-order chi connectivity index (χ1) is 11.6. The summed E-state index contributed by atoms with van der Waals surface area (Å²) in [6.45, 7) is 3.90. The number of nitrogens with zero attached hydrogens (tertiary/aromatic N) is 2. The molecule has 0 spiro atoms. The molecule has 2 amide bonds. The van der Waals surface area contributed by atoms with Crippen molar-refractivity contribution < 1.29 is 14.3 Å². The van der Waals surface area contributed by atoms with Crippen LogP contribution in [0.2, 0.25) is 0 Å². The van der Waals surface area contributed by atoms with Gasteiger partial charge in [0, 0.05) is 33.0 Å². The number of hydrogen-bond donors (Lipinski definition) is 0. The normalized spacial score (nSPS) is 23.0. The Hall–Kier alpha value is -1.88. The highest BCUT2D eigenvalue weighted by atomic mass is 16.5. The maximum absolute atomic E-state index is 12.7. The quantitative estimate of drug-likeness (QED) is 0.832. The molecular formula is C19H26N2O3. The molecule has 2 fully saturated rings. The van der Waals surface area contributed by atoms with Crippen LogP contribution in [0.4, 0.5) is 0 Å². The third-order valence-corrected chi connectivity index (χ3v) is 5.06. The smallest absolute Gasteiger partial charge is 0.224 e. The molecule has 5 nitrogen and oxygen atoms in total. The number of morpholine rings is 1. The van der Waals surface area contributed by atoms with Gasteiger partial charge in [0.25, 0.3) is 0 Å². The molecule has 3 rings (SSSR count). The summed E-state index contributed by atoms with van der Waals surface area (Å²) >= 11 is 0. The molecular weight excluding hydrogens is 304 g/mol. The van der Waals surface area contributed by atoms with Crippen molar-refractivity contribution in [1.29, 1.82) is 0 Å². The number of rotatable bonds is 5. The third-order valence-electron chi connectivity index (χ3n) is 5.06. The number of carbonyl (C=O) groups is 2. The van der Waals surface area contributed by atoms with E-state index in [4.69, 9.17) is 4.74 Å². The molecule has 1 heterocycles. The highest BCUT2D eigenvalue weighted by molar-refractivity contribution is 5.78. The number of fused-ring (bicyclic) bond motifs is 1. The summed E-state index contributed by atoms with van der Waals surface area (Å²) in [4.78, 5) is 28.3. The summed E-state index contributed by atoms with van der Waals surface area (Å²) in [6, 6.07) is 10.1. The zero-order valence-electron chi connectivity index (χ0n) is 14.3. The molecule has 130 valence electrons. The topological polar surface area (TPSA) is 49.9 Å².